The molecule has 0 saturated heterocycles. The summed E-state index contributed by atoms with van der Waals surface area (Å²) in [5.74, 6) is 0.251. The predicted molar refractivity (Wildman–Crippen MR) is 45.4 cm³/mol. The fourth-order valence-electron chi connectivity index (χ4n) is 0.571. The Balaban J connectivity index is 3.52. The fraction of sp³-hybridized carbons (Fsp3) is 1.00. The topological polar surface area (TPSA) is 52.5 Å². The van der Waals surface area contributed by atoms with Gasteiger partial charge in [0, 0.05) is 18.7 Å². The van der Waals surface area contributed by atoms with E-state index in [0.717, 1.165) is 6.54 Å². The molecule has 68 valence electrons. The van der Waals surface area contributed by atoms with Gasteiger partial charge >= 0.3 is 0 Å². The van der Waals surface area contributed by atoms with Crippen LogP contribution in [0.2, 0.25) is 0 Å². The highest BCUT2D eigenvalue weighted by Crippen LogP contribution is 2.01. The number of rotatable bonds is 5. The number of aliphatic hydroxyl groups excluding tert-OH is 2. The maximum atomic E-state index is 8.85. The summed E-state index contributed by atoms with van der Waals surface area (Å²) in [6.07, 6.45) is 0. The summed E-state index contributed by atoms with van der Waals surface area (Å²) in [5.41, 5.74) is -0.233. The minimum Gasteiger partial charge on any atom is -0.396 e. The van der Waals surface area contributed by atoms with Crippen LogP contribution in [0.5, 0.6) is 0 Å². The maximum absolute atomic E-state index is 8.85. The Morgan fingerprint density at radius 1 is 1.36 bits per heavy atom. The van der Waals surface area contributed by atoms with Crippen LogP contribution >= 0.6 is 0 Å². The van der Waals surface area contributed by atoms with Gasteiger partial charge in [0.15, 0.2) is 0 Å². The monoisotopic (exact) mass is 161 g/mol. The van der Waals surface area contributed by atoms with Crippen LogP contribution in [-0.2, 0) is 0 Å². The lowest BCUT2D eigenvalue weighted by Crippen LogP contribution is -2.45. The van der Waals surface area contributed by atoms with Crippen molar-refractivity contribution in [2.24, 2.45) is 5.92 Å². The third-order valence-electron chi connectivity index (χ3n) is 1.64. The first-order valence-corrected chi connectivity index (χ1v) is 3.98. The fourth-order valence-corrected chi connectivity index (χ4v) is 0.571. The van der Waals surface area contributed by atoms with Gasteiger partial charge in [0.1, 0.15) is 0 Å². The lowest BCUT2D eigenvalue weighted by atomic mass is 10.1. The van der Waals surface area contributed by atoms with E-state index in [1.807, 2.05) is 20.8 Å². The molecule has 0 heterocycles. The Morgan fingerprint density at radius 3 is 2.27 bits per heavy atom. The quantitative estimate of drug-likeness (QED) is 0.531. The number of aliphatic hydroxyl groups is 2. The number of hydrogen-bond donors (Lipinski definition) is 3. The minimum atomic E-state index is -0.233. The molecule has 1 unspecified atom stereocenters. The molecule has 0 aromatic rings. The molecule has 0 aliphatic carbocycles. The van der Waals surface area contributed by atoms with E-state index in [4.69, 9.17) is 10.2 Å². The zero-order chi connectivity index (χ0) is 8.91. The highest BCUT2D eigenvalue weighted by atomic mass is 16.3. The molecule has 3 nitrogen and oxygen atoms in total. The zero-order valence-corrected chi connectivity index (χ0v) is 7.59. The van der Waals surface area contributed by atoms with Crippen molar-refractivity contribution in [1.29, 1.82) is 0 Å². The van der Waals surface area contributed by atoms with Gasteiger partial charge in [-0.15, -0.1) is 0 Å². The average Bonchev–Trinajstić information content (AvgIpc) is 2.00. The molecule has 1 atom stereocenters. The van der Waals surface area contributed by atoms with E-state index in [1.165, 1.54) is 0 Å². The molecule has 11 heavy (non-hydrogen) atoms. The molecular weight excluding hydrogens is 142 g/mol. The van der Waals surface area contributed by atoms with E-state index in [-0.39, 0.29) is 24.7 Å². The van der Waals surface area contributed by atoms with E-state index in [1.54, 1.807) is 0 Å². The molecule has 0 aromatic heterocycles. The zero-order valence-electron chi connectivity index (χ0n) is 7.59. The Hall–Kier alpha value is -0.120. The second-order valence-electron chi connectivity index (χ2n) is 3.71. The largest absolute Gasteiger partial charge is 0.396 e. The third-order valence-corrected chi connectivity index (χ3v) is 1.64. The average molecular weight is 161 g/mol. The van der Waals surface area contributed by atoms with Gasteiger partial charge < -0.3 is 15.5 Å². The van der Waals surface area contributed by atoms with Crippen LogP contribution in [0.15, 0.2) is 0 Å². The van der Waals surface area contributed by atoms with Crippen LogP contribution in [0.25, 0.3) is 0 Å². The van der Waals surface area contributed by atoms with E-state index >= 15 is 0 Å². The van der Waals surface area contributed by atoms with Gasteiger partial charge in [-0.25, -0.2) is 0 Å². The summed E-state index contributed by atoms with van der Waals surface area (Å²) in [5, 5.41) is 20.7. The van der Waals surface area contributed by atoms with Gasteiger partial charge in [-0.3, -0.25) is 0 Å². The van der Waals surface area contributed by atoms with Crippen LogP contribution in [0.3, 0.4) is 0 Å². The molecule has 0 bridgehead atoms. The SMILES string of the molecule is CC(CO)CNC(C)(C)CO. The van der Waals surface area contributed by atoms with Gasteiger partial charge in [-0.2, -0.15) is 0 Å². The van der Waals surface area contributed by atoms with Crippen LogP contribution in [0.1, 0.15) is 20.8 Å². The van der Waals surface area contributed by atoms with Gasteiger partial charge in [-0.05, 0) is 19.8 Å². The molecule has 0 aliphatic heterocycles. The summed E-state index contributed by atoms with van der Waals surface area (Å²) >= 11 is 0. The Bertz CT molecular complexity index is 104. The first kappa shape index (κ1) is 10.9. The van der Waals surface area contributed by atoms with E-state index in [9.17, 15) is 0 Å². The highest BCUT2D eigenvalue weighted by Gasteiger charge is 2.15. The van der Waals surface area contributed by atoms with Crippen molar-refractivity contribution in [3.8, 4) is 0 Å². The van der Waals surface area contributed by atoms with Crippen LogP contribution < -0.4 is 5.32 Å². The molecule has 0 amide bonds. The van der Waals surface area contributed by atoms with E-state index in [2.05, 4.69) is 5.32 Å². The van der Waals surface area contributed by atoms with E-state index < -0.39 is 0 Å². The van der Waals surface area contributed by atoms with Gasteiger partial charge in [0.2, 0.25) is 0 Å². The molecule has 0 saturated carbocycles. The first-order valence-electron chi connectivity index (χ1n) is 3.98. The molecule has 0 rings (SSSR count). The number of nitrogens with one attached hydrogen (secondary N) is 1. The third kappa shape index (κ3) is 5.18. The van der Waals surface area contributed by atoms with Crippen molar-refractivity contribution < 1.29 is 10.2 Å². The van der Waals surface area contributed by atoms with Crippen molar-refractivity contribution in [3.05, 3.63) is 0 Å². The van der Waals surface area contributed by atoms with E-state index in [0.29, 0.717) is 0 Å². The Morgan fingerprint density at radius 2 is 1.91 bits per heavy atom. The van der Waals surface area contributed by atoms with Crippen molar-refractivity contribution in [2.45, 2.75) is 26.3 Å². The van der Waals surface area contributed by atoms with Crippen molar-refractivity contribution in [1.82, 2.24) is 5.32 Å². The second kappa shape index (κ2) is 4.70. The van der Waals surface area contributed by atoms with Crippen LogP contribution in [0, 0.1) is 5.92 Å². The lowest BCUT2D eigenvalue weighted by Gasteiger charge is -2.25. The van der Waals surface area contributed by atoms with Gasteiger partial charge in [-0.1, -0.05) is 6.92 Å². The summed E-state index contributed by atoms with van der Waals surface area (Å²) in [6.45, 7) is 6.86. The maximum Gasteiger partial charge on any atom is 0.0607 e. The van der Waals surface area contributed by atoms with Crippen molar-refractivity contribution >= 4 is 0 Å². The molecule has 0 aliphatic rings. The normalized spacial score (nSPS) is 15.0. The van der Waals surface area contributed by atoms with Crippen LogP contribution in [-0.4, -0.2) is 35.5 Å². The molecule has 0 fully saturated rings. The summed E-state index contributed by atoms with van der Waals surface area (Å²) < 4.78 is 0. The van der Waals surface area contributed by atoms with Crippen LogP contribution in [0.4, 0.5) is 0 Å². The Labute approximate surface area is 68.4 Å². The summed E-state index contributed by atoms with van der Waals surface area (Å²) in [6, 6.07) is 0. The molecule has 0 aromatic carbocycles. The predicted octanol–water partition coefficient (Wildman–Crippen LogP) is -0.0247. The lowest BCUT2D eigenvalue weighted by molar-refractivity contribution is 0.170. The molecule has 0 radical (unpaired) electrons. The molecule has 0 spiro atoms. The molecule has 3 heteroatoms. The van der Waals surface area contributed by atoms with Gasteiger partial charge in [0.05, 0.1) is 6.61 Å². The van der Waals surface area contributed by atoms with Gasteiger partial charge in [0.25, 0.3) is 0 Å². The minimum absolute atomic E-state index is 0.116. The molecular formula is C8H19NO2. The number of hydrogen-bond acceptors (Lipinski definition) is 3. The Kier molecular flexibility index (Phi) is 4.65. The highest BCUT2D eigenvalue weighted by molar-refractivity contribution is 4.76. The van der Waals surface area contributed by atoms with Crippen molar-refractivity contribution in [2.75, 3.05) is 19.8 Å². The summed E-state index contributed by atoms with van der Waals surface area (Å²) in [7, 11) is 0. The first-order chi connectivity index (χ1) is 5.02. The smallest absolute Gasteiger partial charge is 0.0607 e. The summed E-state index contributed by atoms with van der Waals surface area (Å²) in [4.78, 5) is 0. The molecule has 3 N–H and O–H groups in total. The second-order valence-corrected chi connectivity index (χ2v) is 3.71. The standard InChI is InChI=1S/C8H19NO2/c1-7(5-10)4-9-8(2,3)6-11/h7,9-11H,4-6H2,1-3H3. The van der Waals surface area contributed by atoms with Crippen molar-refractivity contribution in [3.63, 3.8) is 0 Å².